The number of carbonyl (C=O) groups excluding carboxylic acids is 2. The minimum absolute atomic E-state index is 0.324. The highest BCUT2D eigenvalue weighted by Gasteiger charge is 2.28. The van der Waals surface area contributed by atoms with Crippen LogP contribution >= 0.6 is 15.9 Å². The zero-order valence-electron chi connectivity index (χ0n) is 5.22. The van der Waals surface area contributed by atoms with Gasteiger partial charge < -0.3 is 0 Å². The first kappa shape index (κ1) is 7.27. The van der Waals surface area contributed by atoms with E-state index in [0.29, 0.717) is 5.70 Å². The number of carbonyl (C=O) groups is 2. The molecule has 1 aliphatic rings. The van der Waals surface area contributed by atoms with Crippen molar-refractivity contribution in [1.29, 1.82) is 0 Å². The van der Waals surface area contributed by atoms with Crippen LogP contribution in [0.1, 0.15) is 0 Å². The lowest BCUT2D eigenvalue weighted by Gasteiger charge is -2.03. The molecule has 0 spiro atoms. The summed E-state index contributed by atoms with van der Waals surface area (Å²) in [6.45, 7) is 0. The quantitative estimate of drug-likeness (QED) is 0.459. The first-order valence-corrected chi connectivity index (χ1v) is 3.48. The number of hydrogen-bond acceptors (Lipinski definition) is 2. The third-order valence-corrected chi connectivity index (χ3v) is 1.66. The van der Waals surface area contributed by atoms with E-state index in [0.717, 1.165) is 0 Å². The molecule has 1 fully saturated rings. The normalized spacial score (nSPS) is 22.2. The van der Waals surface area contributed by atoms with Gasteiger partial charge in [-0.15, -0.1) is 0 Å². The highest BCUT2D eigenvalue weighted by Crippen LogP contribution is 2.10. The van der Waals surface area contributed by atoms with Gasteiger partial charge in [-0.05, 0) is 0 Å². The van der Waals surface area contributed by atoms with E-state index in [9.17, 15) is 9.59 Å². The average molecular weight is 205 g/mol. The highest BCUT2D eigenvalue weighted by atomic mass is 79.9. The minimum atomic E-state index is -0.393. The molecule has 4 nitrogen and oxygen atoms in total. The molecule has 3 amide bonds. The van der Waals surface area contributed by atoms with E-state index in [1.165, 1.54) is 16.9 Å². The molecule has 0 bridgehead atoms. The molecule has 1 rings (SSSR count). The van der Waals surface area contributed by atoms with Crippen molar-refractivity contribution < 1.29 is 9.59 Å². The summed E-state index contributed by atoms with van der Waals surface area (Å²) in [5.74, 6) is -0.371. The Labute approximate surface area is 66.0 Å². The third kappa shape index (κ3) is 0.923. The Kier molecular flexibility index (Phi) is 1.76. The zero-order chi connectivity index (χ0) is 7.72. The van der Waals surface area contributed by atoms with Gasteiger partial charge in [-0.3, -0.25) is 15.0 Å². The SMILES string of the molecule is CN1C(=O)NC(=O)/C1=C/Br. The van der Waals surface area contributed by atoms with Crippen molar-refractivity contribution in [3.8, 4) is 0 Å². The monoisotopic (exact) mass is 204 g/mol. The second-order valence-electron chi connectivity index (χ2n) is 1.81. The van der Waals surface area contributed by atoms with Crippen LogP contribution < -0.4 is 5.32 Å². The number of urea groups is 1. The smallest absolute Gasteiger partial charge is 0.292 e. The summed E-state index contributed by atoms with van der Waals surface area (Å²) >= 11 is 2.97. The molecule has 1 aliphatic heterocycles. The van der Waals surface area contributed by atoms with Gasteiger partial charge in [0.2, 0.25) is 0 Å². The summed E-state index contributed by atoms with van der Waals surface area (Å²) in [4.78, 5) is 24.1. The van der Waals surface area contributed by atoms with E-state index in [1.807, 2.05) is 0 Å². The van der Waals surface area contributed by atoms with Crippen molar-refractivity contribution in [1.82, 2.24) is 10.2 Å². The first-order chi connectivity index (χ1) is 4.66. The molecule has 0 aromatic carbocycles. The van der Waals surface area contributed by atoms with Gasteiger partial charge in [0.1, 0.15) is 5.70 Å². The molecule has 0 aromatic rings. The number of nitrogens with zero attached hydrogens (tertiary/aromatic N) is 1. The van der Waals surface area contributed by atoms with Gasteiger partial charge in [0.25, 0.3) is 5.91 Å². The molecule has 0 aromatic heterocycles. The van der Waals surface area contributed by atoms with E-state index >= 15 is 0 Å². The van der Waals surface area contributed by atoms with Crippen LogP contribution in [0.3, 0.4) is 0 Å². The summed E-state index contributed by atoms with van der Waals surface area (Å²) in [6.07, 6.45) is 0. The van der Waals surface area contributed by atoms with Crippen molar-refractivity contribution in [2.45, 2.75) is 0 Å². The lowest BCUT2D eigenvalue weighted by molar-refractivity contribution is -0.116. The van der Waals surface area contributed by atoms with Crippen LogP contribution in [0.15, 0.2) is 10.7 Å². The Morgan fingerprint density at radius 2 is 2.20 bits per heavy atom. The number of hydrogen-bond donors (Lipinski definition) is 1. The van der Waals surface area contributed by atoms with Gasteiger partial charge >= 0.3 is 6.03 Å². The molecule has 5 heteroatoms. The lowest BCUT2D eigenvalue weighted by Crippen LogP contribution is -2.24. The number of rotatable bonds is 0. The van der Waals surface area contributed by atoms with Gasteiger partial charge in [-0.1, -0.05) is 15.9 Å². The maximum absolute atomic E-state index is 10.8. The number of imide groups is 1. The molecular weight excluding hydrogens is 200 g/mol. The summed E-state index contributed by atoms with van der Waals surface area (Å²) in [5.41, 5.74) is 0.324. The number of halogens is 1. The van der Waals surface area contributed by atoms with Gasteiger partial charge in [0, 0.05) is 12.0 Å². The lowest BCUT2D eigenvalue weighted by atomic mass is 10.5. The molecule has 0 radical (unpaired) electrons. The molecular formula is C5H5BrN2O2. The average Bonchev–Trinajstić information content (AvgIpc) is 2.09. The predicted octanol–water partition coefficient (Wildman–Crippen LogP) is 0.404. The maximum Gasteiger partial charge on any atom is 0.328 e. The van der Waals surface area contributed by atoms with Crippen LogP contribution in [-0.4, -0.2) is 23.9 Å². The summed E-state index contributed by atoms with van der Waals surface area (Å²) < 4.78 is 0. The summed E-state index contributed by atoms with van der Waals surface area (Å²) in [7, 11) is 1.52. The molecule has 0 saturated carbocycles. The van der Waals surface area contributed by atoms with Crippen LogP contribution in [0, 0.1) is 0 Å². The fourth-order valence-electron chi connectivity index (χ4n) is 0.629. The van der Waals surface area contributed by atoms with Crippen LogP contribution in [0.2, 0.25) is 0 Å². The second kappa shape index (κ2) is 2.42. The van der Waals surface area contributed by atoms with Crippen molar-refractivity contribution in [3.05, 3.63) is 10.7 Å². The summed E-state index contributed by atoms with van der Waals surface area (Å²) in [6, 6.07) is -0.393. The van der Waals surface area contributed by atoms with Crippen LogP contribution in [0.5, 0.6) is 0 Å². The Hall–Kier alpha value is -0.840. The molecule has 1 N–H and O–H groups in total. The minimum Gasteiger partial charge on any atom is -0.292 e. The Morgan fingerprint density at radius 1 is 1.60 bits per heavy atom. The van der Waals surface area contributed by atoms with E-state index in [4.69, 9.17) is 0 Å². The Balaban J connectivity index is 2.95. The van der Waals surface area contributed by atoms with Crippen molar-refractivity contribution >= 4 is 27.9 Å². The molecule has 1 heterocycles. The van der Waals surface area contributed by atoms with E-state index in [-0.39, 0.29) is 5.91 Å². The summed E-state index contributed by atoms with van der Waals surface area (Å²) in [5, 5.41) is 2.12. The molecule has 0 atom stereocenters. The van der Waals surface area contributed by atoms with Crippen LogP contribution in [0.4, 0.5) is 4.79 Å². The van der Waals surface area contributed by atoms with Gasteiger partial charge in [0.05, 0.1) is 0 Å². The van der Waals surface area contributed by atoms with Gasteiger partial charge in [0.15, 0.2) is 0 Å². The Morgan fingerprint density at radius 3 is 2.40 bits per heavy atom. The zero-order valence-corrected chi connectivity index (χ0v) is 6.81. The largest absolute Gasteiger partial charge is 0.328 e. The van der Waals surface area contributed by atoms with Crippen molar-refractivity contribution in [2.24, 2.45) is 0 Å². The van der Waals surface area contributed by atoms with Gasteiger partial charge in [-0.25, -0.2) is 4.79 Å². The first-order valence-electron chi connectivity index (χ1n) is 2.56. The van der Waals surface area contributed by atoms with Gasteiger partial charge in [-0.2, -0.15) is 0 Å². The third-order valence-electron chi connectivity index (χ3n) is 1.22. The fraction of sp³-hybridized carbons (Fsp3) is 0.200. The Bertz CT molecular complexity index is 224. The van der Waals surface area contributed by atoms with Crippen LogP contribution in [0.25, 0.3) is 0 Å². The number of amides is 3. The molecule has 10 heavy (non-hydrogen) atoms. The molecule has 0 unspecified atom stereocenters. The number of likely N-dealkylation sites (N-methyl/N-ethyl adjacent to an activating group) is 1. The standard InChI is InChI=1S/C5H5BrN2O2/c1-8-3(2-6)4(9)7-5(8)10/h2H,1H3,(H,7,9,10)/b3-2-. The fourth-order valence-corrected chi connectivity index (χ4v) is 1.14. The predicted molar refractivity (Wildman–Crippen MR) is 38.3 cm³/mol. The second-order valence-corrected chi connectivity index (χ2v) is 2.27. The molecule has 0 aliphatic carbocycles. The molecule has 54 valence electrons. The number of nitrogens with one attached hydrogen (secondary N) is 1. The van der Waals surface area contributed by atoms with E-state index in [1.54, 1.807) is 0 Å². The van der Waals surface area contributed by atoms with Crippen LogP contribution in [-0.2, 0) is 4.79 Å². The maximum atomic E-state index is 10.8. The topological polar surface area (TPSA) is 49.4 Å². The van der Waals surface area contributed by atoms with Crippen molar-refractivity contribution in [3.63, 3.8) is 0 Å². The van der Waals surface area contributed by atoms with Crippen molar-refractivity contribution in [2.75, 3.05) is 7.05 Å². The highest BCUT2D eigenvalue weighted by molar-refractivity contribution is 9.11. The molecule has 1 saturated heterocycles. The van der Waals surface area contributed by atoms with E-state index in [2.05, 4.69) is 21.2 Å². The van der Waals surface area contributed by atoms with E-state index < -0.39 is 6.03 Å².